The van der Waals surface area contributed by atoms with E-state index in [1.807, 2.05) is 0 Å². The van der Waals surface area contributed by atoms with E-state index in [0.29, 0.717) is 6.42 Å². The fourth-order valence-corrected chi connectivity index (χ4v) is 4.09. The quantitative estimate of drug-likeness (QED) is 0.742. The third kappa shape index (κ3) is 5.51. The van der Waals surface area contributed by atoms with Crippen LogP contribution >= 0.6 is 0 Å². The predicted octanol–water partition coefficient (Wildman–Crippen LogP) is 0.177. The second-order valence-electron chi connectivity index (χ2n) is 5.29. The van der Waals surface area contributed by atoms with E-state index in [-0.39, 0.29) is 29.6 Å². The molecule has 0 unspecified atom stereocenters. The van der Waals surface area contributed by atoms with Crippen molar-refractivity contribution in [2.75, 3.05) is 18.1 Å². The molecule has 2 amide bonds. The van der Waals surface area contributed by atoms with Gasteiger partial charge in [0.25, 0.3) is 5.91 Å². The highest BCUT2D eigenvalue weighted by Gasteiger charge is 2.29. The fraction of sp³-hybridized carbons (Fsp3) is 0.429. The molecule has 23 heavy (non-hydrogen) atoms. The summed E-state index contributed by atoms with van der Waals surface area (Å²) in [6.45, 7) is -0.459. The first-order valence-electron chi connectivity index (χ1n) is 7.01. The number of halogens is 1. The number of hydrazine groups is 1. The summed E-state index contributed by atoms with van der Waals surface area (Å²) < 4.78 is 40.8. The summed E-state index contributed by atoms with van der Waals surface area (Å²) in [4.78, 5) is 23.1. The van der Waals surface area contributed by atoms with Crippen LogP contribution in [0.2, 0.25) is 0 Å². The van der Waals surface area contributed by atoms with Gasteiger partial charge in [-0.25, -0.2) is 12.8 Å². The van der Waals surface area contributed by atoms with Crippen molar-refractivity contribution in [2.45, 2.75) is 12.8 Å². The zero-order valence-electron chi connectivity index (χ0n) is 12.2. The molecule has 0 spiro atoms. The highest BCUT2D eigenvalue weighted by atomic mass is 32.2. The molecular weight excluding hydrogens is 327 g/mol. The Bertz CT molecular complexity index is 692. The van der Waals surface area contributed by atoms with Crippen LogP contribution in [0.15, 0.2) is 24.3 Å². The first kappa shape index (κ1) is 17.2. The van der Waals surface area contributed by atoms with Gasteiger partial charge in [-0.3, -0.25) is 20.4 Å². The van der Waals surface area contributed by atoms with Crippen molar-refractivity contribution in [3.63, 3.8) is 0 Å². The first-order chi connectivity index (χ1) is 10.9. The summed E-state index contributed by atoms with van der Waals surface area (Å²) in [6, 6.07) is 5.63. The predicted molar refractivity (Wildman–Crippen MR) is 79.6 cm³/mol. The molecule has 0 radical (unpaired) electrons. The van der Waals surface area contributed by atoms with Crippen LogP contribution in [-0.2, 0) is 19.4 Å². The Hall–Kier alpha value is -2.16. The summed E-state index contributed by atoms with van der Waals surface area (Å²) >= 11 is 0. The van der Waals surface area contributed by atoms with Crippen molar-refractivity contribution >= 4 is 21.7 Å². The molecule has 2 rings (SSSR count). The van der Waals surface area contributed by atoms with Crippen LogP contribution < -0.4 is 15.6 Å². The van der Waals surface area contributed by atoms with Gasteiger partial charge in [-0.2, -0.15) is 0 Å². The van der Waals surface area contributed by atoms with E-state index in [9.17, 15) is 22.4 Å². The zero-order valence-corrected chi connectivity index (χ0v) is 13.1. The van der Waals surface area contributed by atoms with Crippen LogP contribution in [-0.4, -0.2) is 38.3 Å². The van der Waals surface area contributed by atoms with Crippen molar-refractivity contribution in [1.82, 2.24) is 10.9 Å². The van der Waals surface area contributed by atoms with Crippen LogP contribution in [0.25, 0.3) is 0 Å². The van der Waals surface area contributed by atoms with Gasteiger partial charge in [0.1, 0.15) is 0 Å². The van der Waals surface area contributed by atoms with E-state index in [1.54, 1.807) is 6.07 Å². The van der Waals surface area contributed by atoms with Crippen molar-refractivity contribution in [3.8, 4) is 5.75 Å². The number of amides is 2. The third-order valence-corrected chi connectivity index (χ3v) is 5.17. The number of rotatable bonds is 5. The molecule has 1 fully saturated rings. The molecule has 0 aromatic heterocycles. The Labute approximate surface area is 133 Å². The molecule has 0 aliphatic carbocycles. The molecule has 1 saturated heterocycles. The minimum atomic E-state index is -3.04. The smallest absolute Gasteiger partial charge is 0.276 e. The molecule has 0 bridgehead atoms. The molecule has 1 aliphatic rings. The summed E-state index contributed by atoms with van der Waals surface area (Å²) in [7, 11) is -3.04. The zero-order chi connectivity index (χ0) is 16.9. The Balaban J connectivity index is 1.68. The number of benzene rings is 1. The highest BCUT2D eigenvalue weighted by molar-refractivity contribution is 7.91. The van der Waals surface area contributed by atoms with E-state index in [0.717, 1.165) is 0 Å². The molecule has 9 heteroatoms. The minimum absolute atomic E-state index is 0.00917. The molecule has 126 valence electrons. The lowest BCUT2D eigenvalue weighted by Gasteiger charge is -2.11. The largest absolute Gasteiger partial charge is 0.481 e. The Morgan fingerprint density at radius 1 is 1.22 bits per heavy atom. The van der Waals surface area contributed by atoms with Gasteiger partial charge in [-0.15, -0.1) is 0 Å². The molecule has 0 saturated carbocycles. The van der Waals surface area contributed by atoms with Crippen molar-refractivity contribution in [2.24, 2.45) is 5.92 Å². The number of nitrogens with one attached hydrogen (secondary N) is 2. The summed E-state index contributed by atoms with van der Waals surface area (Å²) in [5.41, 5.74) is 4.31. The molecular formula is C14H17FN2O5S. The number of hydrogen-bond donors (Lipinski definition) is 2. The lowest BCUT2D eigenvalue weighted by molar-refractivity contribution is -0.130. The van der Waals surface area contributed by atoms with E-state index < -0.39 is 34.1 Å². The van der Waals surface area contributed by atoms with Gasteiger partial charge in [0.2, 0.25) is 5.91 Å². The van der Waals surface area contributed by atoms with Gasteiger partial charge in [-0.1, -0.05) is 12.1 Å². The van der Waals surface area contributed by atoms with Gasteiger partial charge < -0.3 is 4.74 Å². The average Bonchev–Trinajstić information content (AvgIpc) is 2.83. The number of ether oxygens (including phenoxy) is 1. The van der Waals surface area contributed by atoms with Crippen LogP contribution in [0, 0.1) is 11.7 Å². The van der Waals surface area contributed by atoms with Crippen molar-refractivity contribution in [1.29, 1.82) is 0 Å². The van der Waals surface area contributed by atoms with Gasteiger partial charge in [0.05, 0.1) is 11.5 Å². The molecule has 1 heterocycles. The number of hydrogen-bond acceptors (Lipinski definition) is 5. The molecule has 1 aromatic carbocycles. The number of sulfone groups is 1. The van der Waals surface area contributed by atoms with E-state index in [1.165, 1.54) is 18.2 Å². The topological polar surface area (TPSA) is 102 Å². The third-order valence-electron chi connectivity index (χ3n) is 3.34. The van der Waals surface area contributed by atoms with E-state index >= 15 is 0 Å². The average molecular weight is 344 g/mol. The van der Waals surface area contributed by atoms with E-state index in [4.69, 9.17) is 4.74 Å². The second-order valence-corrected chi connectivity index (χ2v) is 7.52. The summed E-state index contributed by atoms with van der Waals surface area (Å²) in [5.74, 6) is -1.94. The first-order valence-corrected chi connectivity index (χ1v) is 8.83. The normalized spacial score (nSPS) is 19.1. The summed E-state index contributed by atoms with van der Waals surface area (Å²) in [5, 5.41) is 0. The molecule has 1 aliphatic heterocycles. The summed E-state index contributed by atoms with van der Waals surface area (Å²) in [6.07, 6.45) is 0.466. The molecule has 7 nitrogen and oxygen atoms in total. The van der Waals surface area contributed by atoms with Crippen LogP contribution in [0.4, 0.5) is 4.39 Å². The van der Waals surface area contributed by atoms with Crippen LogP contribution in [0.5, 0.6) is 5.75 Å². The van der Waals surface area contributed by atoms with E-state index in [2.05, 4.69) is 10.9 Å². The Morgan fingerprint density at radius 3 is 2.57 bits per heavy atom. The Kier molecular flexibility index (Phi) is 5.54. The minimum Gasteiger partial charge on any atom is -0.481 e. The monoisotopic (exact) mass is 344 g/mol. The fourth-order valence-electron chi connectivity index (χ4n) is 2.23. The standard InChI is InChI=1S/C14H17FN2O5S/c15-11-3-1-2-4-12(11)22-8-14(19)17-16-13(18)7-10-5-6-23(20,21)9-10/h1-4,10H,5-9H2,(H,16,18)(H,17,19)/t10-/m0/s1. The van der Waals surface area contributed by atoms with Gasteiger partial charge in [0.15, 0.2) is 28.0 Å². The SMILES string of the molecule is O=C(COc1ccccc1F)NNC(=O)C[C@@H]1CCS(=O)(=O)C1. The van der Waals surface area contributed by atoms with Gasteiger partial charge in [-0.05, 0) is 24.5 Å². The van der Waals surface area contributed by atoms with Crippen molar-refractivity contribution in [3.05, 3.63) is 30.1 Å². The second kappa shape index (κ2) is 7.40. The lowest BCUT2D eigenvalue weighted by atomic mass is 10.1. The van der Waals surface area contributed by atoms with Gasteiger partial charge in [0, 0.05) is 6.42 Å². The molecule has 2 N–H and O–H groups in total. The number of para-hydroxylation sites is 1. The Morgan fingerprint density at radius 2 is 1.91 bits per heavy atom. The number of carbonyl (C=O) groups excluding carboxylic acids is 2. The maximum Gasteiger partial charge on any atom is 0.276 e. The van der Waals surface area contributed by atoms with Crippen molar-refractivity contribution < 1.29 is 27.1 Å². The highest BCUT2D eigenvalue weighted by Crippen LogP contribution is 2.21. The molecule has 1 aromatic rings. The molecule has 1 atom stereocenters. The van der Waals surface area contributed by atoms with Crippen LogP contribution in [0.1, 0.15) is 12.8 Å². The number of carbonyl (C=O) groups is 2. The maximum atomic E-state index is 13.3. The lowest BCUT2D eigenvalue weighted by Crippen LogP contribution is -2.44. The van der Waals surface area contributed by atoms with Crippen LogP contribution in [0.3, 0.4) is 0 Å². The van der Waals surface area contributed by atoms with Gasteiger partial charge >= 0.3 is 0 Å². The maximum absolute atomic E-state index is 13.3.